The van der Waals surface area contributed by atoms with Gasteiger partial charge in [-0.3, -0.25) is 9.98 Å². The Balaban J connectivity index is 1.78. The molecule has 1 atom stereocenters. The maximum absolute atomic E-state index is 8.47. The Morgan fingerprint density at radius 1 is 1.07 bits per heavy atom. The van der Waals surface area contributed by atoms with Gasteiger partial charge in [-0.05, 0) is 24.1 Å². The monoisotopic (exact) mass is 401 g/mol. The van der Waals surface area contributed by atoms with Gasteiger partial charge in [0.15, 0.2) is 5.65 Å². The van der Waals surface area contributed by atoms with Gasteiger partial charge in [-0.2, -0.15) is 4.98 Å². The van der Waals surface area contributed by atoms with E-state index >= 15 is 0 Å². The minimum absolute atomic E-state index is 0.105. The van der Waals surface area contributed by atoms with Crippen LogP contribution in [0.4, 0.5) is 0 Å². The molecule has 4 aromatic rings. The quantitative estimate of drug-likeness (QED) is 0.533. The van der Waals surface area contributed by atoms with Crippen LogP contribution >= 0.6 is 23.2 Å². The number of hydrogen-bond acceptors (Lipinski definition) is 4. The summed E-state index contributed by atoms with van der Waals surface area (Å²) in [6.45, 7) is 2.03. The number of nitrogens with one attached hydrogen (secondary N) is 1. The SMILES string of the molecule is CC(c1ccc(-c2nc(Cl)cn2C)cc1)n1c(=N)n(C)c2cnc(Cl)nc21. The van der Waals surface area contributed by atoms with Crippen LogP contribution in [0.5, 0.6) is 0 Å². The highest BCUT2D eigenvalue weighted by Gasteiger charge is 2.18. The molecule has 0 bridgehead atoms. The minimum Gasteiger partial charge on any atom is -0.332 e. The zero-order valence-electron chi connectivity index (χ0n) is 15.0. The highest BCUT2D eigenvalue weighted by Crippen LogP contribution is 2.25. The van der Waals surface area contributed by atoms with Gasteiger partial charge in [-0.15, -0.1) is 0 Å². The Bertz CT molecular complexity index is 1200. The highest BCUT2D eigenvalue weighted by molar-refractivity contribution is 6.29. The first-order chi connectivity index (χ1) is 12.9. The average Bonchev–Trinajstić information content (AvgIpc) is 3.11. The molecule has 27 heavy (non-hydrogen) atoms. The lowest BCUT2D eigenvalue weighted by Gasteiger charge is -2.15. The van der Waals surface area contributed by atoms with E-state index in [0.29, 0.717) is 16.4 Å². The Kier molecular flexibility index (Phi) is 4.28. The van der Waals surface area contributed by atoms with Crippen molar-refractivity contribution in [2.24, 2.45) is 14.1 Å². The second-order valence-corrected chi connectivity index (χ2v) is 7.12. The molecule has 0 amide bonds. The van der Waals surface area contributed by atoms with E-state index in [2.05, 4.69) is 15.0 Å². The molecule has 1 unspecified atom stereocenters. The molecule has 0 fully saturated rings. The van der Waals surface area contributed by atoms with Gasteiger partial charge in [-0.25, -0.2) is 9.97 Å². The van der Waals surface area contributed by atoms with E-state index in [9.17, 15) is 0 Å². The number of aromatic nitrogens is 6. The highest BCUT2D eigenvalue weighted by atomic mass is 35.5. The van der Waals surface area contributed by atoms with Crippen molar-refractivity contribution in [3.8, 4) is 11.4 Å². The number of aryl methyl sites for hydroxylation is 2. The summed E-state index contributed by atoms with van der Waals surface area (Å²) in [5, 5.41) is 9.10. The Hall–Kier alpha value is -2.64. The fourth-order valence-electron chi connectivity index (χ4n) is 3.26. The van der Waals surface area contributed by atoms with Crippen molar-refractivity contribution in [1.29, 1.82) is 5.41 Å². The largest absolute Gasteiger partial charge is 0.332 e. The third kappa shape index (κ3) is 2.93. The lowest BCUT2D eigenvalue weighted by molar-refractivity contribution is 0.591. The first-order valence-electron chi connectivity index (χ1n) is 8.30. The molecule has 0 aliphatic rings. The van der Waals surface area contributed by atoms with Gasteiger partial charge < -0.3 is 9.13 Å². The van der Waals surface area contributed by atoms with Crippen LogP contribution in [0.25, 0.3) is 22.6 Å². The van der Waals surface area contributed by atoms with Crippen molar-refractivity contribution in [3.63, 3.8) is 0 Å². The summed E-state index contributed by atoms with van der Waals surface area (Å²) in [4.78, 5) is 12.7. The molecule has 3 aromatic heterocycles. The van der Waals surface area contributed by atoms with Crippen molar-refractivity contribution in [2.45, 2.75) is 13.0 Å². The van der Waals surface area contributed by atoms with Crippen molar-refractivity contribution >= 4 is 34.4 Å². The average molecular weight is 402 g/mol. The standard InChI is InChI=1S/C18H17Cl2N7/c1-10(27-16-13(26(3)18(27)21)8-22-17(20)24-16)11-4-6-12(7-5-11)15-23-14(19)9-25(15)2/h4-10,21H,1-3H3. The van der Waals surface area contributed by atoms with E-state index < -0.39 is 0 Å². The van der Waals surface area contributed by atoms with E-state index in [1.807, 2.05) is 54.4 Å². The van der Waals surface area contributed by atoms with Crippen LogP contribution in [0, 0.1) is 5.41 Å². The molecule has 1 N–H and O–H groups in total. The van der Waals surface area contributed by atoms with Crippen LogP contribution in [0.15, 0.2) is 36.7 Å². The lowest BCUT2D eigenvalue weighted by Crippen LogP contribution is -2.25. The summed E-state index contributed by atoms with van der Waals surface area (Å²) in [6.07, 6.45) is 3.41. The predicted molar refractivity (Wildman–Crippen MR) is 105 cm³/mol. The van der Waals surface area contributed by atoms with Crippen molar-refractivity contribution in [3.05, 3.63) is 58.3 Å². The zero-order chi connectivity index (χ0) is 19.3. The molecule has 0 aliphatic carbocycles. The van der Waals surface area contributed by atoms with Gasteiger partial charge in [0, 0.05) is 25.9 Å². The molecule has 4 rings (SSSR count). The van der Waals surface area contributed by atoms with E-state index in [4.69, 9.17) is 28.6 Å². The number of nitrogens with zero attached hydrogens (tertiary/aromatic N) is 6. The molecule has 0 radical (unpaired) electrons. The molecule has 7 nitrogen and oxygen atoms in total. The topological polar surface area (TPSA) is 77.3 Å². The summed E-state index contributed by atoms with van der Waals surface area (Å²) in [7, 11) is 3.73. The molecule has 0 aliphatic heterocycles. The van der Waals surface area contributed by atoms with E-state index in [0.717, 1.165) is 22.5 Å². The van der Waals surface area contributed by atoms with Crippen LogP contribution < -0.4 is 5.62 Å². The second kappa shape index (κ2) is 6.51. The molecule has 0 saturated heterocycles. The van der Waals surface area contributed by atoms with Crippen LogP contribution in [-0.2, 0) is 14.1 Å². The lowest BCUT2D eigenvalue weighted by atomic mass is 10.1. The fraction of sp³-hybridized carbons (Fsp3) is 0.222. The maximum atomic E-state index is 8.47. The molecule has 0 saturated carbocycles. The first-order valence-corrected chi connectivity index (χ1v) is 9.05. The summed E-state index contributed by atoms with van der Waals surface area (Å²) in [5.74, 6) is 0.803. The van der Waals surface area contributed by atoms with Gasteiger partial charge in [-0.1, -0.05) is 35.9 Å². The number of fused-ring (bicyclic) bond motifs is 1. The maximum Gasteiger partial charge on any atom is 0.224 e. The number of imidazole rings is 2. The summed E-state index contributed by atoms with van der Waals surface area (Å²) in [6, 6.07) is 7.95. The molecule has 138 valence electrons. The van der Waals surface area contributed by atoms with E-state index in [1.54, 1.807) is 17.0 Å². The Labute approximate surface area is 165 Å². The van der Waals surface area contributed by atoms with Gasteiger partial charge >= 0.3 is 0 Å². The van der Waals surface area contributed by atoms with Crippen LogP contribution in [-0.4, -0.2) is 28.7 Å². The van der Waals surface area contributed by atoms with Crippen LogP contribution in [0.3, 0.4) is 0 Å². The number of rotatable bonds is 3. The third-order valence-electron chi connectivity index (χ3n) is 4.74. The second-order valence-electron chi connectivity index (χ2n) is 6.40. The predicted octanol–water partition coefficient (Wildman–Crippen LogP) is 3.57. The van der Waals surface area contributed by atoms with Crippen LogP contribution in [0.2, 0.25) is 10.4 Å². The number of benzene rings is 1. The van der Waals surface area contributed by atoms with Crippen LogP contribution in [0.1, 0.15) is 18.5 Å². The normalized spacial score (nSPS) is 12.6. The number of halogens is 2. The molecule has 3 heterocycles. The van der Waals surface area contributed by atoms with Gasteiger partial charge in [0.2, 0.25) is 10.9 Å². The molecular weight excluding hydrogens is 385 g/mol. The van der Waals surface area contributed by atoms with Crippen molar-refractivity contribution in [2.75, 3.05) is 0 Å². The van der Waals surface area contributed by atoms with E-state index in [1.165, 1.54) is 0 Å². The van der Waals surface area contributed by atoms with Crippen molar-refractivity contribution < 1.29 is 0 Å². The summed E-state index contributed by atoms with van der Waals surface area (Å²) >= 11 is 12.0. The van der Waals surface area contributed by atoms with Crippen molar-refractivity contribution in [1.82, 2.24) is 28.7 Å². The van der Waals surface area contributed by atoms with Gasteiger partial charge in [0.25, 0.3) is 0 Å². The third-order valence-corrected chi connectivity index (χ3v) is 5.11. The first kappa shape index (κ1) is 17.8. The molecular formula is C18H17Cl2N7. The molecule has 1 aromatic carbocycles. The summed E-state index contributed by atoms with van der Waals surface area (Å²) in [5.41, 5.74) is 3.74. The molecule has 9 heteroatoms. The zero-order valence-corrected chi connectivity index (χ0v) is 16.5. The Morgan fingerprint density at radius 3 is 2.41 bits per heavy atom. The van der Waals surface area contributed by atoms with Gasteiger partial charge in [0.05, 0.1) is 12.2 Å². The summed E-state index contributed by atoms with van der Waals surface area (Å²) < 4.78 is 5.48. The van der Waals surface area contributed by atoms with Gasteiger partial charge in [0.1, 0.15) is 16.5 Å². The minimum atomic E-state index is -0.105. The smallest absolute Gasteiger partial charge is 0.224 e. The number of hydrogen-bond donors (Lipinski definition) is 1. The van der Waals surface area contributed by atoms with E-state index in [-0.39, 0.29) is 11.3 Å². The Morgan fingerprint density at radius 2 is 1.78 bits per heavy atom. The molecule has 0 spiro atoms. The fourth-order valence-corrected chi connectivity index (χ4v) is 3.62.